The van der Waals surface area contributed by atoms with Crippen LogP contribution in [0.3, 0.4) is 0 Å². The average Bonchev–Trinajstić information content (AvgIpc) is 2.24. The maximum absolute atomic E-state index is 11.8. The highest BCUT2D eigenvalue weighted by Gasteiger charge is 2.26. The first-order chi connectivity index (χ1) is 8.21. The molecule has 0 aliphatic rings. The molecule has 0 atom stereocenters. The van der Waals surface area contributed by atoms with Crippen LogP contribution in [0.1, 0.15) is 12.8 Å². The molecule has 1 aromatic heterocycles. The molecule has 18 heavy (non-hydrogen) atoms. The quantitative estimate of drug-likeness (QED) is 0.671. The Morgan fingerprint density at radius 3 is 2.50 bits per heavy atom. The summed E-state index contributed by atoms with van der Waals surface area (Å²) >= 11 is 5.49. The Kier molecular flexibility index (Phi) is 4.94. The second-order valence-electron chi connectivity index (χ2n) is 3.43. The highest BCUT2D eigenvalue weighted by Crippen LogP contribution is 2.21. The van der Waals surface area contributed by atoms with E-state index in [1.54, 1.807) is 0 Å². The standard InChI is InChI=1S/C9H10ClF3N2O2S/c10-8-3-2-7(6-14-8)18(16,17)15-5-1-4-9(11,12)13/h2-3,6,15H,1,4-5H2. The van der Waals surface area contributed by atoms with Crippen molar-refractivity contribution in [1.29, 1.82) is 0 Å². The summed E-state index contributed by atoms with van der Waals surface area (Å²) in [6.07, 6.45) is -4.60. The summed E-state index contributed by atoms with van der Waals surface area (Å²) in [7, 11) is -3.83. The number of hydrogen-bond donors (Lipinski definition) is 1. The van der Waals surface area contributed by atoms with Crippen LogP contribution in [0.15, 0.2) is 23.2 Å². The molecule has 0 unspecified atom stereocenters. The van der Waals surface area contributed by atoms with E-state index in [-0.39, 0.29) is 23.0 Å². The Labute approximate surface area is 107 Å². The van der Waals surface area contributed by atoms with Gasteiger partial charge in [-0.15, -0.1) is 0 Å². The molecule has 0 saturated carbocycles. The number of pyridine rings is 1. The third kappa shape index (κ3) is 5.19. The predicted molar refractivity (Wildman–Crippen MR) is 59.7 cm³/mol. The van der Waals surface area contributed by atoms with Crippen molar-refractivity contribution in [2.24, 2.45) is 0 Å². The summed E-state index contributed by atoms with van der Waals surface area (Å²) < 4.78 is 60.8. The summed E-state index contributed by atoms with van der Waals surface area (Å²) in [6.45, 7) is -0.287. The van der Waals surface area contributed by atoms with Gasteiger partial charge in [-0.25, -0.2) is 18.1 Å². The molecule has 1 heterocycles. The zero-order chi connectivity index (χ0) is 13.8. The molecule has 1 aromatic rings. The Hall–Kier alpha value is -0.860. The molecule has 0 spiro atoms. The van der Waals surface area contributed by atoms with Crippen LogP contribution in [0.4, 0.5) is 13.2 Å². The molecule has 9 heteroatoms. The van der Waals surface area contributed by atoms with Gasteiger partial charge in [-0.05, 0) is 18.6 Å². The number of sulfonamides is 1. The first-order valence-electron chi connectivity index (χ1n) is 4.89. The van der Waals surface area contributed by atoms with E-state index >= 15 is 0 Å². The van der Waals surface area contributed by atoms with Crippen molar-refractivity contribution in [2.75, 3.05) is 6.54 Å². The van der Waals surface area contributed by atoms with Crippen molar-refractivity contribution in [2.45, 2.75) is 23.9 Å². The number of aromatic nitrogens is 1. The number of hydrogen-bond acceptors (Lipinski definition) is 3. The molecule has 0 aliphatic heterocycles. The minimum absolute atomic E-state index is 0.131. The van der Waals surface area contributed by atoms with Crippen LogP contribution in [0.25, 0.3) is 0 Å². The zero-order valence-electron chi connectivity index (χ0n) is 9.04. The Balaban J connectivity index is 2.53. The second-order valence-corrected chi connectivity index (χ2v) is 5.59. The van der Waals surface area contributed by atoms with Gasteiger partial charge in [0.1, 0.15) is 10.0 Å². The lowest BCUT2D eigenvalue weighted by Gasteiger charge is -2.08. The fourth-order valence-electron chi connectivity index (χ4n) is 1.10. The molecule has 0 fully saturated rings. The fraction of sp³-hybridized carbons (Fsp3) is 0.444. The smallest absolute Gasteiger partial charge is 0.243 e. The van der Waals surface area contributed by atoms with Gasteiger partial charge in [0, 0.05) is 19.2 Å². The highest BCUT2D eigenvalue weighted by atomic mass is 35.5. The van der Waals surface area contributed by atoms with E-state index in [2.05, 4.69) is 9.71 Å². The van der Waals surface area contributed by atoms with Crippen LogP contribution in [0, 0.1) is 0 Å². The zero-order valence-corrected chi connectivity index (χ0v) is 10.6. The van der Waals surface area contributed by atoms with Gasteiger partial charge in [0.15, 0.2) is 0 Å². The lowest BCUT2D eigenvalue weighted by atomic mass is 10.3. The van der Waals surface area contributed by atoms with Gasteiger partial charge in [0.2, 0.25) is 10.0 Å². The fourth-order valence-corrected chi connectivity index (χ4v) is 2.23. The molecule has 0 radical (unpaired) electrons. The van der Waals surface area contributed by atoms with Gasteiger partial charge in [-0.3, -0.25) is 0 Å². The maximum Gasteiger partial charge on any atom is 0.389 e. The molecule has 0 aliphatic carbocycles. The first kappa shape index (κ1) is 15.2. The molecule has 102 valence electrons. The summed E-state index contributed by atoms with van der Waals surface area (Å²) in [6, 6.07) is 2.51. The Morgan fingerprint density at radius 1 is 1.33 bits per heavy atom. The van der Waals surface area contributed by atoms with Crippen molar-refractivity contribution in [1.82, 2.24) is 9.71 Å². The number of halogens is 4. The number of nitrogens with zero attached hydrogens (tertiary/aromatic N) is 1. The SMILES string of the molecule is O=S(=O)(NCCCC(F)(F)F)c1ccc(Cl)nc1. The monoisotopic (exact) mass is 302 g/mol. The second kappa shape index (κ2) is 5.85. The molecule has 1 rings (SSSR count). The molecule has 0 saturated heterocycles. The first-order valence-corrected chi connectivity index (χ1v) is 6.75. The van der Waals surface area contributed by atoms with Gasteiger partial charge < -0.3 is 0 Å². The van der Waals surface area contributed by atoms with E-state index in [1.165, 1.54) is 12.1 Å². The molecular formula is C9H10ClF3N2O2S. The van der Waals surface area contributed by atoms with Gasteiger partial charge >= 0.3 is 6.18 Å². The minimum Gasteiger partial charge on any atom is -0.243 e. The van der Waals surface area contributed by atoms with Crippen LogP contribution < -0.4 is 4.72 Å². The van der Waals surface area contributed by atoms with Crippen LogP contribution in [-0.2, 0) is 10.0 Å². The van der Waals surface area contributed by atoms with E-state index < -0.39 is 22.6 Å². The molecule has 0 amide bonds. The van der Waals surface area contributed by atoms with Crippen molar-refractivity contribution < 1.29 is 21.6 Å². The summed E-state index contributed by atoms with van der Waals surface area (Å²) in [4.78, 5) is 3.44. The lowest BCUT2D eigenvalue weighted by molar-refractivity contribution is -0.135. The average molecular weight is 303 g/mol. The van der Waals surface area contributed by atoms with E-state index in [1.807, 2.05) is 0 Å². The van der Waals surface area contributed by atoms with Crippen LogP contribution >= 0.6 is 11.6 Å². The summed E-state index contributed by atoms with van der Waals surface area (Å²) in [5.41, 5.74) is 0. The van der Waals surface area contributed by atoms with Gasteiger partial charge in [0.25, 0.3) is 0 Å². The molecule has 0 bridgehead atoms. The molecule has 4 nitrogen and oxygen atoms in total. The molecule has 1 N–H and O–H groups in total. The van der Waals surface area contributed by atoms with Crippen LogP contribution in [0.2, 0.25) is 5.15 Å². The topological polar surface area (TPSA) is 59.1 Å². The van der Waals surface area contributed by atoms with Gasteiger partial charge in [-0.1, -0.05) is 11.6 Å². The van der Waals surface area contributed by atoms with Gasteiger partial charge in [0.05, 0.1) is 0 Å². The predicted octanol–water partition coefficient (Wildman–Crippen LogP) is 2.36. The molecule has 0 aromatic carbocycles. The summed E-state index contributed by atoms with van der Waals surface area (Å²) in [5, 5.41) is 0.131. The van der Waals surface area contributed by atoms with Crippen molar-refractivity contribution in [3.8, 4) is 0 Å². The maximum atomic E-state index is 11.8. The largest absolute Gasteiger partial charge is 0.389 e. The number of rotatable bonds is 5. The van der Waals surface area contributed by atoms with Crippen molar-refractivity contribution >= 4 is 21.6 Å². The normalized spacial score (nSPS) is 12.7. The summed E-state index contributed by atoms with van der Waals surface area (Å²) in [5.74, 6) is 0. The van der Waals surface area contributed by atoms with E-state index in [4.69, 9.17) is 11.6 Å². The lowest BCUT2D eigenvalue weighted by Crippen LogP contribution is -2.26. The minimum atomic E-state index is -4.28. The molecular weight excluding hydrogens is 293 g/mol. The third-order valence-corrected chi connectivity index (χ3v) is 3.61. The van der Waals surface area contributed by atoms with E-state index in [0.29, 0.717) is 0 Å². The van der Waals surface area contributed by atoms with Crippen molar-refractivity contribution in [3.05, 3.63) is 23.5 Å². The van der Waals surface area contributed by atoms with Crippen LogP contribution in [-0.4, -0.2) is 26.1 Å². The Morgan fingerprint density at radius 2 is 2.00 bits per heavy atom. The number of nitrogens with one attached hydrogen (secondary N) is 1. The van der Waals surface area contributed by atoms with Crippen molar-refractivity contribution in [3.63, 3.8) is 0 Å². The number of alkyl halides is 3. The van der Waals surface area contributed by atoms with Gasteiger partial charge in [-0.2, -0.15) is 13.2 Å². The Bertz CT molecular complexity index is 488. The van der Waals surface area contributed by atoms with E-state index in [9.17, 15) is 21.6 Å². The van der Waals surface area contributed by atoms with E-state index in [0.717, 1.165) is 6.20 Å². The highest BCUT2D eigenvalue weighted by molar-refractivity contribution is 7.89. The van der Waals surface area contributed by atoms with Crippen LogP contribution in [0.5, 0.6) is 0 Å². The third-order valence-electron chi connectivity index (χ3n) is 1.94.